The zero-order valence-electron chi connectivity index (χ0n) is 24.6. The fraction of sp³-hybridized carbons (Fsp3) is 0.483. The number of carbonyl (C=O) groups is 2. The lowest BCUT2D eigenvalue weighted by molar-refractivity contribution is -0.133. The van der Waals surface area contributed by atoms with Gasteiger partial charge in [-0.05, 0) is 43.9 Å². The summed E-state index contributed by atoms with van der Waals surface area (Å²) in [6, 6.07) is 3.10. The van der Waals surface area contributed by atoms with Crippen molar-refractivity contribution in [3.05, 3.63) is 64.5 Å². The summed E-state index contributed by atoms with van der Waals surface area (Å²) >= 11 is 0. The molecule has 4 rings (SSSR count). The molecule has 3 atom stereocenters. The Morgan fingerprint density at radius 2 is 1.82 bits per heavy atom. The normalized spacial score (nSPS) is 20.7. The van der Waals surface area contributed by atoms with Crippen LogP contribution in [0.25, 0.3) is 11.1 Å². The second-order valence-corrected chi connectivity index (χ2v) is 11.2. The van der Waals surface area contributed by atoms with E-state index in [4.69, 9.17) is 4.42 Å². The van der Waals surface area contributed by atoms with E-state index in [-0.39, 0.29) is 31.5 Å². The van der Waals surface area contributed by atoms with Gasteiger partial charge in [0.1, 0.15) is 23.8 Å². The first-order chi connectivity index (χ1) is 20.5. The highest BCUT2D eigenvalue weighted by Crippen LogP contribution is 2.41. The molecule has 0 saturated carbocycles. The van der Waals surface area contributed by atoms with Crippen LogP contribution in [0.4, 0.5) is 28.0 Å². The number of fused-ring (bicyclic) bond motifs is 1. The quantitative estimate of drug-likeness (QED) is 0.144. The fourth-order valence-corrected chi connectivity index (χ4v) is 5.78. The smallest absolute Gasteiger partial charge is 0.408 e. The van der Waals surface area contributed by atoms with Gasteiger partial charge in [0.25, 0.3) is 5.91 Å². The van der Waals surface area contributed by atoms with Crippen molar-refractivity contribution in [2.45, 2.75) is 63.8 Å². The molecule has 11 nitrogen and oxygen atoms in total. The molecule has 1 aromatic carbocycles. The number of urea groups is 1. The van der Waals surface area contributed by atoms with Crippen molar-refractivity contribution in [1.29, 1.82) is 0 Å². The van der Waals surface area contributed by atoms with Crippen LogP contribution in [0.3, 0.4) is 0 Å². The van der Waals surface area contributed by atoms with E-state index in [0.29, 0.717) is 17.3 Å². The highest BCUT2D eigenvalue weighted by molar-refractivity contribution is 6.17. The third kappa shape index (κ3) is 6.09. The van der Waals surface area contributed by atoms with Gasteiger partial charge in [-0.25, -0.2) is 14.0 Å². The molecule has 1 spiro atoms. The summed E-state index contributed by atoms with van der Waals surface area (Å²) in [5, 5.41) is 24.7. The number of likely N-dealkylation sites (N-methyl/N-ethyl adjacent to an activating group) is 1. The van der Waals surface area contributed by atoms with E-state index in [9.17, 15) is 42.2 Å². The number of aliphatic hydroxyl groups is 2. The van der Waals surface area contributed by atoms with E-state index in [2.05, 4.69) is 16.9 Å². The SMILES string of the molecule is C=C(F)C(=CC(=CC)C(F)(F)F)C(O)NC(C(C)C)C(O)N1CCC2(CC1)C(=O)N(C)C(=O)N2c1ccc2[nH]c(=O)oc2c1. The van der Waals surface area contributed by atoms with Crippen LogP contribution in [-0.2, 0) is 4.79 Å². The zero-order chi connectivity index (χ0) is 32.7. The number of aromatic nitrogens is 1. The Bertz CT molecular complexity index is 1550. The van der Waals surface area contributed by atoms with E-state index in [1.54, 1.807) is 30.9 Å². The lowest BCUT2D eigenvalue weighted by Gasteiger charge is -2.45. The van der Waals surface area contributed by atoms with Crippen LogP contribution in [0.1, 0.15) is 33.6 Å². The Kier molecular flexibility index (Phi) is 9.26. The van der Waals surface area contributed by atoms with Crippen LogP contribution in [0.15, 0.2) is 63.1 Å². The molecule has 4 N–H and O–H groups in total. The highest BCUT2D eigenvalue weighted by atomic mass is 19.4. The maximum Gasteiger partial charge on any atom is 0.417 e. The number of benzene rings is 1. The molecular formula is C29H35F4N5O6. The molecule has 240 valence electrons. The third-order valence-corrected chi connectivity index (χ3v) is 8.22. The Labute approximate surface area is 250 Å². The van der Waals surface area contributed by atoms with Gasteiger partial charge in [0.05, 0.1) is 22.8 Å². The predicted molar refractivity (Wildman–Crippen MR) is 153 cm³/mol. The molecule has 2 aromatic rings. The van der Waals surface area contributed by atoms with Crippen molar-refractivity contribution in [3.8, 4) is 0 Å². The van der Waals surface area contributed by atoms with E-state index < -0.39 is 70.8 Å². The molecular weight excluding hydrogens is 590 g/mol. The van der Waals surface area contributed by atoms with Crippen molar-refractivity contribution in [3.63, 3.8) is 0 Å². The number of nitrogens with one attached hydrogen (secondary N) is 2. The van der Waals surface area contributed by atoms with Gasteiger partial charge >= 0.3 is 18.0 Å². The number of rotatable bonds is 9. The first-order valence-electron chi connectivity index (χ1n) is 13.9. The minimum absolute atomic E-state index is 0.101. The number of anilines is 1. The maximum absolute atomic E-state index is 14.2. The number of hydrogen-bond acceptors (Lipinski definition) is 8. The largest absolute Gasteiger partial charge is 0.417 e. The summed E-state index contributed by atoms with van der Waals surface area (Å²) in [4.78, 5) is 44.8. The molecule has 0 radical (unpaired) electrons. The standard InChI is InChI=1S/C29H35F4N5O6/c1-6-17(29(31,32)33)13-19(16(4)30)23(39)35-22(15(2)3)24(40)37-11-9-28(10-12-37)25(41)36(5)27(43)38(28)18-7-8-20-21(14-18)44-26(42)34-20/h6-8,13-15,22-24,35,39-40H,4,9-12H2,1-3,5H3,(H,34,42). The minimum Gasteiger partial charge on any atom is -0.408 e. The second kappa shape index (κ2) is 12.3. The lowest BCUT2D eigenvalue weighted by Crippen LogP contribution is -2.62. The Morgan fingerprint density at radius 1 is 1.18 bits per heavy atom. The number of allylic oxidation sites excluding steroid dienone is 3. The maximum atomic E-state index is 14.2. The number of aromatic amines is 1. The van der Waals surface area contributed by atoms with Crippen LogP contribution < -0.4 is 16.0 Å². The van der Waals surface area contributed by atoms with Gasteiger partial charge in [-0.2, -0.15) is 13.2 Å². The summed E-state index contributed by atoms with van der Waals surface area (Å²) in [5.74, 6) is -2.79. The topological polar surface area (TPSA) is 142 Å². The molecule has 2 fully saturated rings. The van der Waals surface area contributed by atoms with Crippen molar-refractivity contribution >= 4 is 28.7 Å². The van der Waals surface area contributed by atoms with Crippen LogP contribution in [0.2, 0.25) is 0 Å². The summed E-state index contributed by atoms with van der Waals surface area (Å²) in [6.07, 6.45) is -6.66. The number of aliphatic hydroxyl groups excluding tert-OH is 2. The number of alkyl halides is 3. The molecule has 2 aliphatic heterocycles. The van der Waals surface area contributed by atoms with E-state index >= 15 is 0 Å². The van der Waals surface area contributed by atoms with Crippen molar-refractivity contribution < 1.29 is 41.8 Å². The van der Waals surface area contributed by atoms with Gasteiger partial charge in [0.15, 0.2) is 5.58 Å². The second-order valence-electron chi connectivity index (χ2n) is 11.2. The molecule has 3 unspecified atom stereocenters. The van der Waals surface area contributed by atoms with Crippen molar-refractivity contribution in [1.82, 2.24) is 20.1 Å². The Morgan fingerprint density at radius 3 is 2.36 bits per heavy atom. The monoisotopic (exact) mass is 625 g/mol. The summed E-state index contributed by atoms with van der Waals surface area (Å²) < 4.78 is 59.2. The van der Waals surface area contributed by atoms with E-state index in [0.717, 1.165) is 17.9 Å². The third-order valence-electron chi connectivity index (χ3n) is 8.22. The number of H-pyrrole nitrogens is 1. The number of nitrogens with zero attached hydrogens (tertiary/aromatic N) is 3. The van der Waals surface area contributed by atoms with Crippen LogP contribution >= 0.6 is 0 Å². The summed E-state index contributed by atoms with van der Waals surface area (Å²) in [5.41, 5.74) is -2.26. The Balaban J connectivity index is 1.55. The first-order valence-corrected chi connectivity index (χ1v) is 13.9. The number of amides is 3. The predicted octanol–water partition coefficient (Wildman–Crippen LogP) is 3.52. The number of oxazole rings is 1. The molecule has 15 heteroatoms. The van der Waals surface area contributed by atoms with Gasteiger partial charge < -0.3 is 14.6 Å². The number of piperidine rings is 1. The number of halogens is 4. The summed E-state index contributed by atoms with van der Waals surface area (Å²) in [7, 11) is 1.37. The fourth-order valence-electron chi connectivity index (χ4n) is 5.78. The lowest BCUT2D eigenvalue weighted by atomic mass is 9.84. The molecule has 1 aromatic heterocycles. The zero-order valence-corrected chi connectivity index (χ0v) is 24.6. The van der Waals surface area contributed by atoms with Gasteiger partial charge in [-0.1, -0.05) is 26.5 Å². The average Bonchev–Trinajstić information content (AvgIpc) is 3.40. The van der Waals surface area contributed by atoms with Gasteiger partial charge in [-0.15, -0.1) is 0 Å². The number of likely N-dealkylation sites (tertiary alicyclic amines) is 1. The highest BCUT2D eigenvalue weighted by Gasteiger charge is 2.58. The number of carbonyl (C=O) groups excluding carboxylic acids is 2. The van der Waals surface area contributed by atoms with Crippen molar-refractivity contribution in [2.75, 3.05) is 25.0 Å². The van der Waals surface area contributed by atoms with Crippen LogP contribution in [0, 0.1) is 5.92 Å². The van der Waals surface area contributed by atoms with Crippen molar-refractivity contribution in [2.24, 2.45) is 5.92 Å². The average molecular weight is 626 g/mol. The summed E-state index contributed by atoms with van der Waals surface area (Å²) in [6.45, 7) is 7.80. The van der Waals surface area contributed by atoms with Gasteiger partial charge in [-0.3, -0.25) is 29.8 Å². The van der Waals surface area contributed by atoms with E-state index in [1.807, 2.05) is 0 Å². The molecule has 3 amide bonds. The molecule has 0 aliphatic carbocycles. The molecule has 2 saturated heterocycles. The van der Waals surface area contributed by atoms with Gasteiger partial charge in [0, 0.05) is 31.8 Å². The number of imide groups is 1. The van der Waals surface area contributed by atoms with E-state index in [1.165, 1.54) is 18.0 Å². The first kappa shape index (κ1) is 33.1. The van der Waals surface area contributed by atoms with Crippen LogP contribution in [-0.4, -0.2) is 87.3 Å². The number of hydrogen-bond donors (Lipinski definition) is 4. The Hall–Kier alpha value is -3.79. The van der Waals surface area contributed by atoms with Crippen LogP contribution in [0.5, 0.6) is 0 Å². The molecule has 44 heavy (non-hydrogen) atoms. The molecule has 0 bridgehead atoms. The van der Waals surface area contributed by atoms with Gasteiger partial charge in [0.2, 0.25) is 0 Å². The molecule has 2 aliphatic rings. The minimum atomic E-state index is -4.79. The molecule has 3 heterocycles.